The van der Waals surface area contributed by atoms with Gasteiger partial charge in [-0.2, -0.15) is 0 Å². The molecule has 8 nitrogen and oxygen atoms in total. The maximum atomic E-state index is 12.6. The van der Waals surface area contributed by atoms with Crippen LogP contribution in [0.5, 0.6) is 0 Å². The SMILES string of the molecule is COCCN1CCCC(NS(=O)(=O)c2ccc(C)cc2[N+](=O)[O-])C1. The minimum absolute atomic E-state index is 0.262. The van der Waals surface area contributed by atoms with Crippen LogP contribution < -0.4 is 4.72 Å². The molecular formula is C15H23N3O5S. The summed E-state index contributed by atoms with van der Waals surface area (Å²) in [4.78, 5) is 12.4. The maximum Gasteiger partial charge on any atom is 0.289 e. The largest absolute Gasteiger partial charge is 0.383 e. The van der Waals surface area contributed by atoms with E-state index in [4.69, 9.17) is 4.74 Å². The second-order valence-corrected chi connectivity index (χ2v) is 7.66. The summed E-state index contributed by atoms with van der Waals surface area (Å²) in [5.74, 6) is 0. The fourth-order valence-corrected chi connectivity index (χ4v) is 4.27. The number of nitro groups is 1. The Balaban J connectivity index is 2.15. The van der Waals surface area contributed by atoms with E-state index in [2.05, 4.69) is 9.62 Å². The molecule has 9 heteroatoms. The van der Waals surface area contributed by atoms with Gasteiger partial charge in [0.1, 0.15) is 0 Å². The number of rotatable bonds is 7. The van der Waals surface area contributed by atoms with Crippen LogP contribution in [0.1, 0.15) is 18.4 Å². The van der Waals surface area contributed by atoms with E-state index in [0.717, 1.165) is 19.5 Å². The van der Waals surface area contributed by atoms with Gasteiger partial charge in [-0.15, -0.1) is 0 Å². The predicted molar refractivity (Wildman–Crippen MR) is 89.5 cm³/mol. The minimum atomic E-state index is -3.95. The molecule has 0 spiro atoms. The fourth-order valence-electron chi connectivity index (χ4n) is 2.86. The number of benzene rings is 1. The molecule has 1 atom stereocenters. The summed E-state index contributed by atoms with van der Waals surface area (Å²) in [5.41, 5.74) is 0.249. The molecule has 2 rings (SSSR count). The number of methoxy groups -OCH3 is 1. The van der Waals surface area contributed by atoms with E-state index < -0.39 is 20.6 Å². The molecule has 0 radical (unpaired) electrons. The molecular weight excluding hydrogens is 334 g/mol. The van der Waals surface area contributed by atoms with E-state index >= 15 is 0 Å². The van der Waals surface area contributed by atoms with E-state index in [9.17, 15) is 18.5 Å². The maximum absolute atomic E-state index is 12.6. The van der Waals surface area contributed by atoms with Crippen LogP contribution in [0.4, 0.5) is 5.69 Å². The van der Waals surface area contributed by atoms with Gasteiger partial charge in [0.25, 0.3) is 5.69 Å². The highest BCUT2D eigenvalue weighted by Crippen LogP contribution is 2.25. The molecule has 1 saturated heterocycles. The van der Waals surface area contributed by atoms with Crippen molar-refractivity contribution in [1.29, 1.82) is 0 Å². The molecule has 1 aromatic rings. The van der Waals surface area contributed by atoms with Gasteiger partial charge in [-0.3, -0.25) is 15.0 Å². The van der Waals surface area contributed by atoms with E-state index in [0.29, 0.717) is 25.1 Å². The third-order valence-electron chi connectivity index (χ3n) is 4.04. The van der Waals surface area contributed by atoms with Gasteiger partial charge in [0, 0.05) is 32.3 Å². The van der Waals surface area contributed by atoms with Crippen molar-refractivity contribution in [2.75, 3.05) is 33.4 Å². The van der Waals surface area contributed by atoms with E-state index in [1.165, 1.54) is 12.1 Å². The first-order valence-corrected chi connectivity index (χ1v) is 9.30. The van der Waals surface area contributed by atoms with Gasteiger partial charge in [0.2, 0.25) is 10.0 Å². The normalized spacial score (nSPS) is 19.3. The summed E-state index contributed by atoms with van der Waals surface area (Å²) in [6.07, 6.45) is 1.58. The van der Waals surface area contributed by atoms with Gasteiger partial charge in [0.15, 0.2) is 4.90 Å². The van der Waals surface area contributed by atoms with E-state index in [1.807, 2.05) is 0 Å². The van der Waals surface area contributed by atoms with Crippen LogP contribution in [-0.4, -0.2) is 57.6 Å². The van der Waals surface area contributed by atoms with Gasteiger partial charge in [0.05, 0.1) is 11.5 Å². The van der Waals surface area contributed by atoms with Crippen LogP contribution in [-0.2, 0) is 14.8 Å². The Morgan fingerprint density at radius 2 is 2.21 bits per heavy atom. The Hall–Kier alpha value is -1.55. The predicted octanol–water partition coefficient (Wildman–Crippen LogP) is 1.29. The molecule has 0 amide bonds. The number of hydrogen-bond acceptors (Lipinski definition) is 6. The first-order chi connectivity index (χ1) is 11.3. The number of ether oxygens (including phenoxy) is 1. The van der Waals surface area contributed by atoms with Gasteiger partial charge in [-0.25, -0.2) is 13.1 Å². The summed E-state index contributed by atoms with van der Waals surface area (Å²) in [6, 6.07) is 3.87. The van der Waals surface area contributed by atoms with Crippen LogP contribution in [0.25, 0.3) is 0 Å². The standard InChI is InChI=1S/C15H23N3O5S/c1-12-5-6-15(14(10-12)18(19)20)24(21,22)16-13-4-3-7-17(11-13)8-9-23-2/h5-6,10,13,16H,3-4,7-9,11H2,1-2H3. The average Bonchev–Trinajstić information content (AvgIpc) is 2.52. The number of piperidine rings is 1. The molecule has 1 aliphatic rings. The van der Waals surface area contributed by atoms with Crippen molar-refractivity contribution in [3.05, 3.63) is 33.9 Å². The molecule has 1 heterocycles. The summed E-state index contributed by atoms with van der Waals surface area (Å²) >= 11 is 0. The second-order valence-electron chi connectivity index (χ2n) is 5.98. The highest BCUT2D eigenvalue weighted by molar-refractivity contribution is 7.89. The van der Waals surface area contributed by atoms with Crippen molar-refractivity contribution >= 4 is 15.7 Å². The number of aryl methyl sites for hydroxylation is 1. The molecule has 1 fully saturated rings. The number of nitro benzene ring substituents is 1. The van der Waals surface area contributed by atoms with Gasteiger partial charge >= 0.3 is 0 Å². The topological polar surface area (TPSA) is 102 Å². The lowest BCUT2D eigenvalue weighted by Crippen LogP contribution is -2.48. The van der Waals surface area contributed by atoms with Crippen LogP contribution in [0.3, 0.4) is 0 Å². The average molecular weight is 357 g/mol. The Morgan fingerprint density at radius 1 is 1.46 bits per heavy atom. The molecule has 0 aromatic heterocycles. The molecule has 0 saturated carbocycles. The van der Waals surface area contributed by atoms with Crippen LogP contribution in [0, 0.1) is 17.0 Å². The summed E-state index contributed by atoms with van der Waals surface area (Å²) in [7, 11) is -2.32. The Labute approximate surface area is 142 Å². The number of likely N-dealkylation sites (tertiary alicyclic amines) is 1. The first kappa shape index (κ1) is 18.8. The van der Waals surface area contributed by atoms with Crippen molar-refractivity contribution in [3.8, 4) is 0 Å². The van der Waals surface area contributed by atoms with Crippen LogP contribution in [0.15, 0.2) is 23.1 Å². The van der Waals surface area contributed by atoms with Gasteiger partial charge in [-0.05, 0) is 37.9 Å². The van der Waals surface area contributed by atoms with Gasteiger partial charge in [-0.1, -0.05) is 6.07 Å². The first-order valence-electron chi connectivity index (χ1n) is 7.82. The lowest BCUT2D eigenvalue weighted by Gasteiger charge is -2.32. The number of hydrogen-bond donors (Lipinski definition) is 1. The zero-order valence-electron chi connectivity index (χ0n) is 13.9. The summed E-state index contributed by atoms with van der Waals surface area (Å²) < 4.78 is 32.9. The molecule has 1 aliphatic heterocycles. The third-order valence-corrected chi connectivity index (χ3v) is 5.61. The highest BCUT2D eigenvalue weighted by atomic mass is 32.2. The van der Waals surface area contributed by atoms with Crippen molar-refractivity contribution in [2.24, 2.45) is 0 Å². The van der Waals surface area contributed by atoms with Gasteiger partial charge < -0.3 is 4.74 Å². The van der Waals surface area contributed by atoms with E-state index in [-0.39, 0.29) is 10.9 Å². The third kappa shape index (κ3) is 4.73. The lowest BCUT2D eigenvalue weighted by atomic mass is 10.1. The molecule has 24 heavy (non-hydrogen) atoms. The molecule has 0 aliphatic carbocycles. The highest BCUT2D eigenvalue weighted by Gasteiger charge is 2.30. The zero-order valence-corrected chi connectivity index (χ0v) is 14.7. The Morgan fingerprint density at radius 3 is 2.88 bits per heavy atom. The Bertz CT molecular complexity index is 692. The molecule has 134 valence electrons. The lowest BCUT2D eigenvalue weighted by molar-refractivity contribution is -0.387. The summed E-state index contributed by atoms with van der Waals surface area (Å²) in [5, 5.41) is 11.2. The van der Waals surface area contributed by atoms with Crippen molar-refractivity contribution in [2.45, 2.75) is 30.7 Å². The molecule has 1 N–H and O–H groups in total. The monoisotopic (exact) mass is 357 g/mol. The zero-order chi connectivity index (χ0) is 17.7. The molecule has 1 aromatic carbocycles. The molecule has 1 unspecified atom stereocenters. The van der Waals surface area contributed by atoms with E-state index in [1.54, 1.807) is 20.1 Å². The number of nitrogens with zero attached hydrogens (tertiary/aromatic N) is 2. The quantitative estimate of drug-likeness (QED) is 0.583. The van der Waals surface area contributed by atoms with Crippen molar-refractivity contribution in [3.63, 3.8) is 0 Å². The van der Waals surface area contributed by atoms with Crippen molar-refractivity contribution in [1.82, 2.24) is 9.62 Å². The minimum Gasteiger partial charge on any atom is -0.383 e. The number of sulfonamides is 1. The molecule has 0 bridgehead atoms. The summed E-state index contributed by atoms with van der Waals surface area (Å²) in [6.45, 7) is 4.47. The van der Waals surface area contributed by atoms with Crippen molar-refractivity contribution < 1.29 is 18.1 Å². The van der Waals surface area contributed by atoms with Crippen LogP contribution in [0.2, 0.25) is 0 Å². The fraction of sp³-hybridized carbons (Fsp3) is 0.600. The second kappa shape index (κ2) is 8.02. The van der Waals surface area contributed by atoms with Crippen LogP contribution >= 0.6 is 0 Å². The Kier molecular flexibility index (Phi) is 6.27. The number of nitrogens with one attached hydrogen (secondary N) is 1. The smallest absolute Gasteiger partial charge is 0.289 e.